The molecule has 4 rings (SSSR count). The van der Waals surface area contributed by atoms with Gasteiger partial charge >= 0.3 is 0 Å². The fourth-order valence-corrected chi connectivity index (χ4v) is 3.38. The number of hydrogen-bond donors (Lipinski definition) is 0. The van der Waals surface area contributed by atoms with Crippen LogP contribution in [0.2, 0.25) is 0 Å². The fourth-order valence-electron chi connectivity index (χ4n) is 3.38. The number of pyridine rings is 1. The zero-order valence-electron chi connectivity index (χ0n) is 14.2. The lowest BCUT2D eigenvalue weighted by atomic mass is 9.98. The van der Waals surface area contributed by atoms with Gasteiger partial charge in [-0.1, -0.05) is 11.3 Å². The first kappa shape index (κ1) is 16.0. The summed E-state index contributed by atoms with van der Waals surface area (Å²) in [5.74, 6) is 0.236. The molecular weight excluding hydrogens is 318 g/mol. The Morgan fingerprint density at radius 2 is 2.28 bits per heavy atom. The molecule has 7 nitrogen and oxygen atoms in total. The van der Waals surface area contributed by atoms with Crippen LogP contribution in [0, 0.1) is 0 Å². The standard InChI is InChI=1S/C18H21N5O2/c1-22-18-15(12-25-13-16-4-2-3-6-19-16)9-23(10-17(18)20-21-22)8-14-5-7-24-11-14/h2-7,11,15H,8-10,12-13H2,1H3/t15-/m1/s1. The van der Waals surface area contributed by atoms with Gasteiger partial charge in [0.15, 0.2) is 0 Å². The molecule has 4 heterocycles. The third kappa shape index (κ3) is 3.62. The zero-order chi connectivity index (χ0) is 17.1. The van der Waals surface area contributed by atoms with E-state index < -0.39 is 0 Å². The summed E-state index contributed by atoms with van der Waals surface area (Å²) in [4.78, 5) is 6.66. The minimum absolute atomic E-state index is 0.236. The lowest BCUT2D eigenvalue weighted by Gasteiger charge is -2.31. The Morgan fingerprint density at radius 3 is 3.08 bits per heavy atom. The summed E-state index contributed by atoms with van der Waals surface area (Å²) in [5, 5.41) is 8.53. The van der Waals surface area contributed by atoms with Crippen LogP contribution in [0.1, 0.15) is 28.6 Å². The molecule has 0 saturated heterocycles. The van der Waals surface area contributed by atoms with E-state index in [4.69, 9.17) is 9.15 Å². The molecule has 0 unspecified atom stereocenters. The van der Waals surface area contributed by atoms with Crippen molar-refractivity contribution in [3.63, 3.8) is 0 Å². The third-order valence-corrected chi connectivity index (χ3v) is 4.46. The Bertz CT molecular complexity index is 800. The summed E-state index contributed by atoms with van der Waals surface area (Å²) >= 11 is 0. The number of fused-ring (bicyclic) bond motifs is 1. The van der Waals surface area contributed by atoms with Crippen LogP contribution in [-0.2, 0) is 31.5 Å². The average Bonchev–Trinajstić information content (AvgIpc) is 3.26. The molecular formula is C18H21N5O2. The highest BCUT2D eigenvalue weighted by atomic mass is 16.5. The lowest BCUT2D eigenvalue weighted by molar-refractivity contribution is 0.0811. The van der Waals surface area contributed by atoms with Crippen molar-refractivity contribution in [3.05, 3.63) is 65.6 Å². The first-order valence-corrected chi connectivity index (χ1v) is 8.39. The number of ether oxygens (including phenoxy) is 1. The zero-order valence-corrected chi connectivity index (χ0v) is 14.2. The van der Waals surface area contributed by atoms with Gasteiger partial charge < -0.3 is 9.15 Å². The molecule has 0 amide bonds. The van der Waals surface area contributed by atoms with Crippen molar-refractivity contribution in [2.24, 2.45) is 7.05 Å². The Morgan fingerprint density at radius 1 is 1.32 bits per heavy atom. The van der Waals surface area contributed by atoms with Crippen molar-refractivity contribution >= 4 is 0 Å². The Kier molecular flexibility index (Phi) is 4.58. The van der Waals surface area contributed by atoms with Gasteiger partial charge in [0, 0.05) is 44.4 Å². The van der Waals surface area contributed by atoms with E-state index in [2.05, 4.69) is 20.2 Å². The molecule has 0 saturated carbocycles. The Labute approximate surface area is 146 Å². The molecule has 130 valence electrons. The normalized spacial score (nSPS) is 17.6. The average molecular weight is 339 g/mol. The number of furan rings is 1. The molecule has 1 aliphatic heterocycles. The van der Waals surface area contributed by atoms with E-state index in [9.17, 15) is 0 Å². The molecule has 0 aliphatic carbocycles. The Balaban J connectivity index is 1.44. The molecule has 0 radical (unpaired) electrons. The number of nitrogens with zero attached hydrogens (tertiary/aromatic N) is 5. The summed E-state index contributed by atoms with van der Waals surface area (Å²) in [7, 11) is 1.95. The maximum Gasteiger partial charge on any atom is 0.100 e. The molecule has 0 spiro atoms. The van der Waals surface area contributed by atoms with E-state index in [0.29, 0.717) is 13.2 Å². The van der Waals surface area contributed by atoms with Crippen LogP contribution < -0.4 is 0 Å². The summed E-state index contributed by atoms with van der Waals surface area (Å²) in [5.41, 5.74) is 4.31. The van der Waals surface area contributed by atoms with Gasteiger partial charge in [0.25, 0.3) is 0 Å². The second-order valence-electron chi connectivity index (χ2n) is 6.38. The SMILES string of the molecule is Cn1nnc2c1[C@@H](COCc1ccccn1)CN(Cc1ccoc1)C2. The van der Waals surface area contributed by atoms with Crippen LogP contribution in [0.15, 0.2) is 47.4 Å². The summed E-state index contributed by atoms with van der Waals surface area (Å²) < 4.78 is 13.0. The molecule has 1 aliphatic rings. The number of aryl methyl sites for hydroxylation is 1. The maximum atomic E-state index is 5.95. The predicted molar refractivity (Wildman–Crippen MR) is 90.5 cm³/mol. The van der Waals surface area contributed by atoms with Crippen LogP contribution in [0.4, 0.5) is 0 Å². The van der Waals surface area contributed by atoms with Gasteiger partial charge in [-0.15, -0.1) is 5.10 Å². The monoisotopic (exact) mass is 339 g/mol. The van der Waals surface area contributed by atoms with Crippen molar-refractivity contribution in [2.75, 3.05) is 13.2 Å². The molecule has 0 N–H and O–H groups in total. The minimum atomic E-state index is 0.236. The van der Waals surface area contributed by atoms with E-state index in [-0.39, 0.29) is 5.92 Å². The second-order valence-corrected chi connectivity index (χ2v) is 6.38. The van der Waals surface area contributed by atoms with E-state index in [1.807, 2.05) is 36.0 Å². The van der Waals surface area contributed by atoms with Gasteiger partial charge in [0.2, 0.25) is 0 Å². The second kappa shape index (κ2) is 7.16. The quantitative estimate of drug-likeness (QED) is 0.685. The summed E-state index contributed by atoms with van der Waals surface area (Å²) in [6, 6.07) is 7.86. The molecule has 0 fully saturated rings. The van der Waals surface area contributed by atoms with Gasteiger partial charge in [0.1, 0.15) is 5.69 Å². The van der Waals surface area contributed by atoms with Crippen LogP contribution in [0.3, 0.4) is 0 Å². The third-order valence-electron chi connectivity index (χ3n) is 4.46. The number of aromatic nitrogens is 4. The van der Waals surface area contributed by atoms with E-state index in [1.165, 1.54) is 11.3 Å². The van der Waals surface area contributed by atoms with Crippen LogP contribution in [0.25, 0.3) is 0 Å². The van der Waals surface area contributed by atoms with E-state index >= 15 is 0 Å². The molecule has 3 aromatic rings. The van der Waals surface area contributed by atoms with Crippen LogP contribution in [-0.4, -0.2) is 38.0 Å². The molecule has 7 heteroatoms. The van der Waals surface area contributed by atoms with Crippen molar-refractivity contribution in [1.29, 1.82) is 0 Å². The van der Waals surface area contributed by atoms with Crippen molar-refractivity contribution in [2.45, 2.75) is 25.6 Å². The summed E-state index contributed by atoms with van der Waals surface area (Å²) in [6.45, 7) is 3.67. The topological polar surface area (TPSA) is 69.2 Å². The van der Waals surface area contributed by atoms with Gasteiger partial charge in [-0.3, -0.25) is 14.6 Å². The van der Waals surface area contributed by atoms with Crippen molar-refractivity contribution < 1.29 is 9.15 Å². The Hall–Kier alpha value is -2.51. The molecule has 1 atom stereocenters. The van der Waals surface area contributed by atoms with Crippen LogP contribution >= 0.6 is 0 Å². The van der Waals surface area contributed by atoms with Gasteiger partial charge in [0.05, 0.1) is 37.1 Å². The smallest absolute Gasteiger partial charge is 0.100 e. The van der Waals surface area contributed by atoms with Gasteiger partial charge in [-0.05, 0) is 18.2 Å². The van der Waals surface area contributed by atoms with Crippen LogP contribution in [0.5, 0.6) is 0 Å². The summed E-state index contributed by atoms with van der Waals surface area (Å²) in [6.07, 6.45) is 5.29. The van der Waals surface area contributed by atoms with Crippen molar-refractivity contribution in [3.8, 4) is 0 Å². The maximum absolute atomic E-state index is 5.95. The first-order chi connectivity index (χ1) is 12.3. The van der Waals surface area contributed by atoms with E-state index in [1.54, 1.807) is 18.7 Å². The lowest BCUT2D eigenvalue weighted by Crippen LogP contribution is -2.35. The first-order valence-electron chi connectivity index (χ1n) is 8.39. The highest BCUT2D eigenvalue weighted by Gasteiger charge is 2.30. The van der Waals surface area contributed by atoms with Crippen molar-refractivity contribution in [1.82, 2.24) is 24.9 Å². The molecule has 3 aromatic heterocycles. The van der Waals surface area contributed by atoms with Gasteiger partial charge in [-0.25, -0.2) is 0 Å². The number of rotatable bonds is 6. The fraction of sp³-hybridized carbons (Fsp3) is 0.389. The predicted octanol–water partition coefficient (Wildman–Crippen LogP) is 2.12. The van der Waals surface area contributed by atoms with E-state index in [0.717, 1.165) is 31.0 Å². The molecule has 0 aromatic carbocycles. The largest absolute Gasteiger partial charge is 0.472 e. The minimum Gasteiger partial charge on any atom is -0.472 e. The highest BCUT2D eigenvalue weighted by Crippen LogP contribution is 2.28. The molecule has 25 heavy (non-hydrogen) atoms. The number of hydrogen-bond acceptors (Lipinski definition) is 6. The highest BCUT2D eigenvalue weighted by molar-refractivity contribution is 5.20. The van der Waals surface area contributed by atoms with Gasteiger partial charge in [-0.2, -0.15) is 0 Å². The molecule has 0 bridgehead atoms.